The molecule has 19 heteroatoms. The van der Waals surface area contributed by atoms with Crippen LogP contribution in [-0.2, 0) is 24.7 Å². The zero-order valence-electron chi connectivity index (χ0n) is 27.7. The number of amides is 3. The van der Waals surface area contributed by atoms with Crippen LogP contribution in [0.4, 0.5) is 36.4 Å². The number of halogens is 5. The van der Waals surface area contributed by atoms with E-state index in [9.17, 15) is 32.3 Å². The van der Waals surface area contributed by atoms with E-state index in [-0.39, 0.29) is 30.4 Å². The number of esters is 1. The molecule has 1 aliphatic carbocycles. The fourth-order valence-electron chi connectivity index (χ4n) is 4.90. The average molecular weight is 776 g/mol. The summed E-state index contributed by atoms with van der Waals surface area (Å²) in [6.07, 6.45) is -3.33. The molecule has 4 aromatic rings. The lowest BCUT2D eigenvalue weighted by atomic mass is 10.1. The molecule has 0 bridgehead atoms. The summed E-state index contributed by atoms with van der Waals surface area (Å²) < 4.78 is 48.4. The maximum absolute atomic E-state index is 13.0. The van der Waals surface area contributed by atoms with Crippen LogP contribution in [0, 0.1) is 0 Å². The number of hydrogen-bond acceptors (Lipinski definition) is 11. The van der Waals surface area contributed by atoms with E-state index in [1.165, 1.54) is 30.3 Å². The highest BCUT2D eigenvalue weighted by atomic mass is 35.5. The molecule has 1 heterocycles. The SMILES string of the molecule is COC(=O)[C@H](CCNC(=O)C(=O)Nc1cccc(Cl)c1)NC(=O)c1ccc(Nc2nc(NC3(c4ccc(Cl)cc4)CC3)nc(OCC(F)(F)F)n2)cc1. The molecule has 1 aromatic heterocycles. The molecule has 1 saturated carbocycles. The van der Waals surface area contributed by atoms with Gasteiger partial charge in [-0.2, -0.15) is 28.1 Å². The first-order chi connectivity index (χ1) is 25.2. The molecule has 1 fully saturated rings. The van der Waals surface area contributed by atoms with Crippen LogP contribution in [-0.4, -0.2) is 71.1 Å². The lowest BCUT2D eigenvalue weighted by Crippen LogP contribution is -2.44. The van der Waals surface area contributed by atoms with E-state index in [1.54, 1.807) is 30.3 Å². The van der Waals surface area contributed by atoms with Crippen molar-refractivity contribution in [3.05, 3.63) is 94.0 Å². The van der Waals surface area contributed by atoms with Crippen molar-refractivity contribution in [2.75, 3.05) is 36.2 Å². The van der Waals surface area contributed by atoms with Gasteiger partial charge in [0.15, 0.2) is 6.61 Å². The number of alkyl halides is 3. The molecule has 278 valence electrons. The van der Waals surface area contributed by atoms with Crippen molar-refractivity contribution in [1.29, 1.82) is 0 Å². The normalized spacial score (nSPS) is 13.5. The van der Waals surface area contributed by atoms with E-state index in [2.05, 4.69) is 41.5 Å². The number of anilines is 4. The second-order valence-electron chi connectivity index (χ2n) is 11.6. The van der Waals surface area contributed by atoms with Crippen molar-refractivity contribution < 1.29 is 41.8 Å². The quantitative estimate of drug-likeness (QED) is 0.0819. The molecule has 0 unspecified atom stereocenters. The highest BCUT2D eigenvalue weighted by Gasteiger charge is 2.45. The van der Waals surface area contributed by atoms with Crippen molar-refractivity contribution in [2.24, 2.45) is 0 Å². The summed E-state index contributed by atoms with van der Waals surface area (Å²) in [5, 5.41) is 14.3. The Kier molecular flexibility index (Phi) is 12.2. The monoisotopic (exact) mass is 774 g/mol. The molecule has 53 heavy (non-hydrogen) atoms. The average Bonchev–Trinajstić information content (AvgIpc) is 3.90. The lowest BCUT2D eigenvalue weighted by Gasteiger charge is -2.19. The minimum atomic E-state index is -4.64. The van der Waals surface area contributed by atoms with Gasteiger partial charge in [0.05, 0.1) is 12.6 Å². The summed E-state index contributed by atoms with van der Waals surface area (Å²) in [6.45, 7) is -1.79. The Balaban J connectivity index is 1.21. The first-order valence-electron chi connectivity index (χ1n) is 15.8. The molecular weight excluding hydrogens is 744 g/mol. The minimum Gasteiger partial charge on any atom is -0.467 e. The number of ether oxygens (including phenoxy) is 2. The number of methoxy groups -OCH3 is 1. The van der Waals surface area contributed by atoms with Gasteiger partial charge in [-0.1, -0.05) is 41.4 Å². The van der Waals surface area contributed by atoms with Crippen molar-refractivity contribution in [3.63, 3.8) is 0 Å². The minimum absolute atomic E-state index is 0.0325. The van der Waals surface area contributed by atoms with Crippen LogP contribution in [0.25, 0.3) is 0 Å². The van der Waals surface area contributed by atoms with Crippen LogP contribution >= 0.6 is 23.2 Å². The van der Waals surface area contributed by atoms with Gasteiger partial charge in [0.1, 0.15) is 6.04 Å². The van der Waals surface area contributed by atoms with Crippen LogP contribution in [0.2, 0.25) is 10.0 Å². The molecular formula is C34H31Cl2F3N8O6. The van der Waals surface area contributed by atoms with E-state index >= 15 is 0 Å². The molecule has 0 saturated heterocycles. The zero-order chi connectivity index (χ0) is 38.2. The molecule has 0 spiro atoms. The molecule has 1 aliphatic rings. The van der Waals surface area contributed by atoms with E-state index in [4.69, 9.17) is 32.7 Å². The van der Waals surface area contributed by atoms with E-state index in [1.807, 2.05) is 12.1 Å². The summed E-state index contributed by atoms with van der Waals surface area (Å²) in [7, 11) is 1.13. The maximum atomic E-state index is 13.0. The fraction of sp³-hybridized carbons (Fsp3) is 0.265. The van der Waals surface area contributed by atoms with Gasteiger partial charge in [-0.05, 0) is 79.4 Å². The van der Waals surface area contributed by atoms with Gasteiger partial charge >= 0.3 is 30.0 Å². The van der Waals surface area contributed by atoms with Gasteiger partial charge in [-0.25, -0.2) is 4.79 Å². The lowest BCUT2D eigenvalue weighted by molar-refractivity contribution is -0.154. The van der Waals surface area contributed by atoms with Crippen LogP contribution in [0.3, 0.4) is 0 Å². The smallest absolute Gasteiger partial charge is 0.422 e. The summed E-state index contributed by atoms with van der Waals surface area (Å²) >= 11 is 11.9. The maximum Gasteiger partial charge on any atom is 0.422 e. The molecule has 1 atom stereocenters. The molecule has 0 radical (unpaired) electrons. The molecule has 5 N–H and O–H groups in total. The molecule has 14 nitrogen and oxygen atoms in total. The number of aromatic nitrogens is 3. The summed E-state index contributed by atoms with van der Waals surface area (Å²) in [5.74, 6) is -3.56. The number of nitrogens with one attached hydrogen (secondary N) is 5. The van der Waals surface area contributed by atoms with Gasteiger partial charge in [-0.3, -0.25) is 14.4 Å². The highest BCUT2D eigenvalue weighted by Crippen LogP contribution is 2.48. The summed E-state index contributed by atoms with van der Waals surface area (Å²) in [4.78, 5) is 62.2. The number of rotatable bonds is 14. The Morgan fingerprint density at radius 1 is 0.868 bits per heavy atom. The molecule has 3 amide bonds. The molecule has 3 aromatic carbocycles. The van der Waals surface area contributed by atoms with Crippen molar-refractivity contribution in [3.8, 4) is 6.01 Å². The Labute approximate surface area is 310 Å². The Bertz CT molecular complexity index is 1970. The van der Waals surface area contributed by atoms with Gasteiger partial charge in [0.2, 0.25) is 11.9 Å². The Hall–Kier alpha value is -5.68. The third-order valence-corrected chi connectivity index (χ3v) is 8.17. The third kappa shape index (κ3) is 11.2. The third-order valence-electron chi connectivity index (χ3n) is 7.68. The van der Waals surface area contributed by atoms with Gasteiger partial charge in [-0.15, -0.1) is 0 Å². The number of carbonyl (C=O) groups excluding carboxylic acids is 4. The second kappa shape index (κ2) is 16.8. The Morgan fingerprint density at radius 2 is 1.57 bits per heavy atom. The molecule has 5 rings (SSSR count). The highest BCUT2D eigenvalue weighted by molar-refractivity contribution is 6.39. The first kappa shape index (κ1) is 38.5. The van der Waals surface area contributed by atoms with Crippen LogP contribution in [0.15, 0.2) is 72.8 Å². The number of carbonyl (C=O) groups is 4. The number of nitrogens with zero attached hydrogens (tertiary/aromatic N) is 3. The summed E-state index contributed by atoms with van der Waals surface area (Å²) in [6, 6.07) is 17.3. The van der Waals surface area contributed by atoms with Crippen molar-refractivity contribution >= 4 is 70.2 Å². The van der Waals surface area contributed by atoms with E-state index in [0.717, 1.165) is 12.7 Å². The topological polar surface area (TPSA) is 186 Å². The van der Waals surface area contributed by atoms with E-state index < -0.39 is 54.1 Å². The largest absolute Gasteiger partial charge is 0.467 e. The van der Waals surface area contributed by atoms with Crippen molar-refractivity contribution in [2.45, 2.75) is 37.0 Å². The Morgan fingerprint density at radius 3 is 2.21 bits per heavy atom. The van der Waals surface area contributed by atoms with Crippen molar-refractivity contribution in [1.82, 2.24) is 25.6 Å². The zero-order valence-corrected chi connectivity index (χ0v) is 29.2. The van der Waals surface area contributed by atoms with Crippen LogP contribution in [0.1, 0.15) is 35.2 Å². The van der Waals surface area contributed by atoms with Crippen LogP contribution < -0.4 is 31.3 Å². The van der Waals surface area contributed by atoms with Gasteiger partial charge in [0, 0.05) is 33.5 Å². The second-order valence-corrected chi connectivity index (χ2v) is 12.5. The number of benzene rings is 3. The molecule has 0 aliphatic heterocycles. The fourth-order valence-corrected chi connectivity index (χ4v) is 5.22. The first-order valence-corrected chi connectivity index (χ1v) is 16.6. The summed E-state index contributed by atoms with van der Waals surface area (Å²) in [5.41, 5.74) is 1.12. The van der Waals surface area contributed by atoms with Gasteiger partial charge in [0.25, 0.3) is 5.91 Å². The van der Waals surface area contributed by atoms with E-state index in [0.29, 0.717) is 34.3 Å². The van der Waals surface area contributed by atoms with Crippen LogP contribution in [0.5, 0.6) is 6.01 Å². The van der Waals surface area contributed by atoms with Gasteiger partial charge < -0.3 is 36.1 Å². The predicted molar refractivity (Wildman–Crippen MR) is 188 cm³/mol. The standard InChI is InChI=1S/C34H31Cl2F3N8O6/c1-52-29(51)25(13-16-40-27(49)28(50)41-24-4-2-3-22(36)17-24)43-26(48)19-5-11-23(12-6-19)42-30-44-31(46-32(45-30)53-18-34(37,38)39)47-33(14-15-33)20-7-9-21(35)10-8-20/h2-12,17,25H,13-16,18H2,1H3,(H,40,49)(H,41,50)(H,43,48)(H2,42,44,45,46,47)/t25-/m0/s1. The predicted octanol–water partition coefficient (Wildman–Crippen LogP) is 5.38. The number of hydrogen-bond donors (Lipinski definition) is 5.